The Morgan fingerprint density at radius 1 is 1.40 bits per heavy atom. The number of aromatic nitrogens is 1. The van der Waals surface area contributed by atoms with Crippen molar-refractivity contribution in [3.05, 3.63) is 17.0 Å². The molecule has 1 unspecified atom stereocenters. The van der Waals surface area contributed by atoms with E-state index in [2.05, 4.69) is 9.71 Å². The summed E-state index contributed by atoms with van der Waals surface area (Å²) in [6.45, 7) is 3.12. The summed E-state index contributed by atoms with van der Waals surface area (Å²) in [5, 5.41) is 8.96. The predicted molar refractivity (Wildman–Crippen MR) is 76.0 cm³/mol. The van der Waals surface area contributed by atoms with Crippen LogP contribution in [-0.4, -0.2) is 47.2 Å². The van der Waals surface area contributed by atoms with Gasteiger partial charge in [0.1, 0.15) is 10.6 Å². The van der Waals surface area contributed by atoms with Gasteiger partial charge in [-0.05, 0) is 20.3 Å². The Bertz CT molecular complexity index is 633. The van der Waals surface area contributed by atoms with Crippen LogP contribution in [0.25, 0.3) is 0 Å². The van der Waals surface area contributed by atoms with E-state index in [1.165, 1.54) is 13.8 Å². The number of aryl methyl sites for hydroxylation is 1. The van der Waals surface area contributed by atoms with E-state index in [1.54, 1.807) is 6.26 Å². The van der Waals surface area contributed by atoms with Gasteiger partial charge in [0.05, 0.1) is 0 Å². The first-order valence-corrected chi connectivity index (χ1v) is 9.10. The van der Waals surface area contributed by atoms with Gasteiger partial charge in [-0.3, -0.25) is 4.21 Å². The SMILES string of the molecule is Cc1[nH]c(C(=O)O)c(C)c1S(=O)(=O)NCCCS(C)=O. The van der Waals surface area contributed by atoms with E-state index in [4.69, 9.17) is 5.11 Å². The largest absolute Gasteiger partial charge is 0.477 e. The molecule has 0 spiro atoms. The number of hydrogen-bond donors (Lipinski definition) is 3. The number of carboxylic acid groups (broad SMARTS) is 1. The topological polar surface area (TPSA) is 116 Å². The lowest BCUT2D eigenvalue weighted by Crippen LogP contribution is -2.26. The first-order valence-electron chi connectivity index (χ1n) is 5.89. The van der Waals surface area contributed by atoms with E-state index in [-0.39, 0.29) is 28.4 Å². The van der Waals surface area contributed by atoms with Crippen molar-refractivity contribution in [1.82, 2.24) is 9.71 Å². The van der Waals surface area contributed by atoms with Crippen LogP contribution in [0.5, 0.6) is 0 Å². The van der Waals surface area contributed by atoms with E-state index < -0.39 is 26.8 Å². The average Bonchev–Trinajstić information content (AvgIpc) is 2.61. The summed E-state index contributed by atoms with van der Waals surface area (Å²) in [4.78, 5) is 13.5. The zero-order valence-electron chi connectivity index (χ0n) is 11.5. The molecule has 0 saturated heterocycles. The Morgan fingerprint density at radius 2 is 2.00 bits per heavy atom. The van der Waals surface area contributed by atoms with Crippen LogP contribution >= 0.6 is 0 Å². The highest BCUT2D eigenvalue weighted by atomic mass is 32.2. The zero-order chi connectivity index (χ0) is 15.5. The Morgan fingerprint density at radius 3 is 2.45 bits per heavy atom. The van der Waals surface area contributed by atoms with Crippen molar-refractivity contribution in [3.8, 4) is 0 Å². The monoisotopic (exact) mass is 322 g/mol. The molecule has 0 amide bonds. The highest BCUT2D eigenvalue weighted by Crippen LogP contribution is 2.22. The van der Waals surface area contributed by atoms with Gasteiger partial charge >= 0.3 is 5.97 Å². The van der Waals surface area contributed by atoms with Crippen LogP contribution < -0.4 is 4.72 Å². The van der Waals surface area contributed by atoms with Gasteiger partial charge in [-0.2, -0.15) is 0 Å². The molecule has 1 aromatic heterocycles. The maximum atomic E-state index is 12.2. The van der Waals surface area contributed by atoms with Gasteiger partial charge < -0.3 is 10.1 Å². The summed E-state index contributed by atoms with van der Waals surface area (Å²) in [5.74, 6) is -0.790. The van der Waals surface area contributed by atoms with E-state index in [0.717, 1.165) is 0 Å². The molecule has 0 saturated carbocycles. The number of carboxylic acids is 1. The third-order valence-electron chi connectivity index (χ3n) is 2.75. The normalized spacial score (nSPS) is 13.3. The molecule has 9 heteroatoms. The number of rotatable bonds is 7. The Balaban J connectivity index is 2.93. The quantitative estimate of drug-likeness (QED) is 0.627. The molecule has 20 heavy (non-hydrogen) atoms. The van der Waals surface area contributed by atoms with Crippen LogP contribution in [0.3, 0.4) is 0 Å². The summed E-state index contributed by atoms with van der Waals surface area (Å²) in [6.07, 6.45) is 2.00. The van der Waals surface area contributed by atoms with Crippen LogP contribution in [0.15, 0.2) is 4.90 Å². The van der Waals surface area contributed by atoms with Crippen LogP contribution in [0.2, 0.25) is 0 Å². The molecule has 0 aliphatic carbocycles. The molecule has 0 aliphatic heterocycles. The van der Waals surface area contributed by atoms with Gasteiger partial charge in [-0.25, -0.2) is 17.9 Å². The van der Waals surface area contributed by atoms with Crippen molar-refractivity contribution >= 4 is 26.8 Å². The van der Waals surface area contributed by atoms with Gasteiger partial charge in [0, 0.05) is 40.6 Å². The summed E-state index contributed by atoms with van der Waals surface area (Å²) < 4.78 is 37.6. The first kappa shape index (κ1) is 16.9. The molecule has 0 fully saturated rings. The minimum atomic E-state index is -3.78. The summed E-state index contributed by atoms with van der Waals surface area (Å²) in [5.41, 5.74) is 0.338. The number of aromatic amines is 1. The fourth-order valence-corrected chi connectivity index (χ4v) is 3.97. The number of aromatic carboxylic acids is 1. The predicted octanol–water partition coefficient (Wildman–Crippen LogP) is 0.377. The molecule has 0 radical (unpaired) electrons. The van der Waals surface area contributed by atoms with Crippen molar-refractivity contribution in [2.75, 3.05) is 18.6 Å². The standard InChI is InChI=1S/C11H18N2O5S2/c1-7-9(11(14)15)13-8(2)10(7)20(17,18)12-5-4-6-19(3)16/h12-13H,4-6H2,1-3H3,(H,14,15). The fraction of sp³-hybridized carbons (Fsp3) is 0.545. The fourth-order valence-electron chi connectivity index (χ4n) is 1.90. The maximum Gasteiger partial charge on any atom is 0.352 e. The number of nitrogens with one attached hydrogen (secondary N) is 2. The zero-order valence-corrected chi connectivity index (χ0v) is 13.2. The van der Waals surface area contributed by atoms with Crippen LogP contribution in [0.4, 0.5) is 0 Å². The lowest BCUT2D eigenvalue weighted by Gasteiger charge is -2.07. The molecule has 1 rings (SSSR count). The average molecular weight is 322 g/mol. The Hall–Kier alpha value is -1.19. The van der Waals surface area contributed by atoms with Crippen molar-refractivity contribution in [2.45, 2.75) is 25.2 Å². The number of H-pyrrole nitrogens is 1. The molecule has 0 aromatic carbocycles. The second-order valence-corrected chi connectivity index (χ2v) is 7.67. The molecule has 0 bridgehead atoms. The highest BCUT2D eigenvalue weighted by Gasteiger charge is 2.25. The van der Waals surface area contributed by atoms with Crippen molar-refractivity contribution < 1.29 is 22.5 Å². The second-order valence-electron chi connectivity index (χ2n) is 4.41. The number of sulfonamides is 1. The molecule has 1 aromatic rings. The molecular weight excluding hydrogens is 304 g/mol. The van der Waals surface area contributed by atoms with Gasteiger partial charge in [0.25, 0.3) is 0 Å². The highest BCUT2D eigenvalue weighted by molar-refractivity contribution is 7.89. The smallest absolute Gasteiger partial charge is 0.352 e. The van der Waals surface area contributed by atoms with Crippen LogP contribution in [0, 0.1) is 13.8 Å². The number of carbonyl (C=O) groups is 1. The van der Waals surface area contributed by atoms with Gasteiger partial charge in [-0.15, -0.1) is 0 Å². The van der Waals surface area contributed by atoms with E-state index in [0.29, 0.717) is 12.2 Å². The third-order valence-corrected chi connectivity index (χ3v) is 5.35. The molecule has 114 valence electrons. The second kappa shape index (κ2) is 6.51. The maximum absolute atomic E-state index is 12.2. The van der Waals surface area contributed by atoms with Gasteiger partial charge in [-0.1, -0.05) is 0 Å². The van der Waals surface area contributed by atoms with Crippen molar-refractivity contribution in [3.63, 3.8) is 0 Å². The lowest BCUT2D eigenvalue weighted by atomic mass is 10.2. The van der Waals surface area contributed by atoms with E-state index >= 15 is 0 Å². The first-order chi connectivity index (χ1) is 9.16. The van der Waals surface area contributed by atoms with Crippen LogP contribution in [-0.2, 0) is 20.8 Å². The Kier molecular flexibility index (Phi) is 5.49. The van der Waals surface area contributed by atoms with Crippen molar-refractivity contribution in [2.24, 2.45) is 0 Å². The number of hydrogen-bond acceptors (Lipinski definition) is 4. The third kappa shape index (κ3) is 3.90. The van der Waals surface area contributed by atoms with Crippen LogP contribution in [0.1, 0.15) is 28.2 Å². The minimum Gasteiger partial charge on any atom is -0.477 e. The Labute approximate surface area is 120 Å². The summed E-state index contributed by atoms with van der Waals surface area (Å²) in [6, 6.07) is 0. The molecule has 7 nitrogen and oxygen atoms in total. The van der Waals surface area contributed by atoms with Gasteiger partial charge in [0.2, 0.25) is 10.0 Å². The summed E-state index contributed by atoms with van der Waals surface area (Å²) >= 11 is 0. The minimum absolute atomic E-state index is 0.0347. The van der Waals surface area contributed by atoms with E-state index in [9.17, 15) is 17.4 Å². The molecule has 3 N–H and O–H groups in total. The van der Waals surface area contributed by atoms with Gasteiger partial charge in [0.15, 0.2) is 0 Å². The van der Waals surface area contributed by atoms with Crippen molar-refractivity contribution in [1.29, 1.82) is 0 Å². The van der Waals surface area contributed by atoms with E-state index in [1.807, 2.05) is 0 Å². The lowest BCUT2D eigenvalue weighted by molar-refractivity contribution is 0.0690. The summed E-state index contributed by atoms with van der Waals surface area (Å²) in [7, 11) is -4.74. The molecular formula is C11H18N2O5S2. The molecule has 0 aliphatic rings. The molecule has 1 atom stereocenters. The molecule has 1 heterocycles.